The van der Waals surface area contributed by atoms with Crippen molar-refractivity contribution in [1.29, 1.82) is 0 Å². The molecule has 0 spiro atoms. The SMILES string of the molecule is CC1(C)CCCN(CCC(=O)c2cccc(Cl)c2Cl)C1. The second-order valence-electron chi connectivity index (χ2n) is 6.32. The molecule has 0 aliphatic carbocycles. The molecular weight excluding hydrogens is 293 g/mol. The van der Waals surface area contributed by atoms with E-state index >= 15 is 0 Å². The predicted molar refractivity (Wildman–Crippen MR) is 84.9 cm³/mol. The molecule has 1 fully saturated rings. The maximum atomic E-state index is 12.3. The van der Waals surface area contributed by atoms with Gasteiger partial charge in [0.15, 0.2) is 5.78 Å². The van der Waals surface area contributed by atoms with Gasteiger partial charge in [0.2, 0.25) is 0 Å². The molecule has 20 heavy (non-hydrogen) atoms. The summed E-state index contributed by atoms with van der Waals surface area (Å²) in [6.07, 6.45) is 2.97. The summed E-state index contributed by atoms with van der Waals surface area (Å²) >= 11 is 12.0. The van der Waals surface area contributed by atoms with E-state index in [1.54, 1.807) is 18.2 Å². The highest BCUT2D eigenvalue weighted by atomic mass is 35.5. The van der Waals surface area contributed by atoms with E-state index in [0.717, 1.165) is 19.6 Å². The van der Waals surface area contributed by atoms with E-state index in [2.05, 4.69) is 18.7 Å². The second-order valence-corrected chi connectivity index (χ2v) is 7.10. The van der Waals surface area contributed by atoms with Crippen molar-refractivity contribution in [3.05, 3.63) is 33.8 Å². The molecule has 1 aliphatic heterocycles. The number of Topliss-reactive ketones (excluding diaryl/α,β-unsaturated/α-hetero) is 1. The van der Waals surface area contributed by atoms with Gasteiger partial charge in [0, 0.05) is 25.1 Å². The van der Waals surface area contributed by atoms with Gasteiger partial charge in [0.05, 0.1) is 10.0 Å². The van der Waals surface area contributed by atoms with Gasteiger partial charge in [-0.2, -0.15) is 0 Å². The number of likely N-dealkylation sites (tertiary alicyclic amines) is 1. The zero-order chi connectivity index (χ0) is 14.8. The third-order valence-electron chi connectivity index (χ3n) is 3.89. The summed E-state index contributed by atoms with van der Waals surface area (Å²) in [5.74, 6) is 0.0703. The minimum absolute atomic E-state index is 0.0703. The van der Waals surface area contributed by atoms with Crippen LogP contribution in [0.4, 0.5) is 0 Å². The van der Waals surface area contributed by atoms with Crippen molar-refractivity contribution >= 4 is 29.0 Å². The van der Waals surface area contributed by atoms with Crippen molar-refractivity contribution in [3.63, 3.8) is 0 Å². The van der Waals surface area contributed by atoms with E-state index in [4.69, 9.17) is 23.2 Å². The van der Waals surface area contributed by atoms with Crippen LogP contribution in [0.1, 0.15) is 43.5 Å². The van der Waals surface area contributed by atoms with Gasteiger partial charge in [0.25, 0.3) is 0 Å². The second kappa shape index (κ2) is 6.46. The molecule has 4 heteroatoms. The van der Waals surface area contributed by atoms with Gasteiger partial charge in [-0.15, -0.1) is 0 Å². The molecule has 0 bridgehead atoms. The average Bonchev–Trinajstić information content (AvgIpc) is 2.38. The Labute approximate surface area is 131 Å². The number of carbonyl (C=O) groups is 1. The first-order chi connectivity index (χ1) is 9.39. The van der Waals surface area contributed by atoms with Crippen LogP contribution < -0.4 is 0 Å². The monoisotopic (exact) mass is 313 g/mol. The van der Waals surface area contributed by atoms with Crippen LogP contribution in [0.2, 0.25) is 10.0 Å². The van der Waals surface area contributed by atoms with Crippen molar-refractivity contribution in [2.24, 2.45) is 5.41 Å². The Kier molecular flexibility index (Phi) is 5.11. The molecule has 0 atom stereocenters. The Balaban J connectivity index is 1.94. The lowest BCUT2D eigenvalue weighted by Gasteiger charge is -2.38. The number of ketones is 1. The van der Waals surface area contributed by atoms with E-state index in [0.29, 0.717) is 27.4 Å². The smallest absolute Gasteiger partial charge is 0.165 e. The minimum Gasteiger partial charge on any atom is -0.302 e. The lowest BCUT2D eigenvalue weighted by atomic mass is 9.84. The molecule has 1 heterocycles. The molecule has 1 aromatic carbocycles. The summed E-state index contributed by atoms with van der Waals surface area (Å²) in [4.78, 5) is 14.6. The van der Waals surface area contributed by atoms with Crippen molar-refractivity contribution in [3.8, 4) is 0 Å². The van der Waals surface area contributed by atoms with Crippen molar-refractivity contribution in [1.82, 2.24) is 4.90 Å². The Morgan fingerprint density at radius 2 is 2.10 bits per heavy atom. The predicted octanol–water partition coefficient (Wildman–Crippen LogP) is 4.69. The van der Waals surface area contributed by atoms with Gasteiger partial charge < -0.3 is 4.90 Å². The number of rotatable bonds is 4. The maximum absolute atomic E-state index is 12.3. The normalized spacial score (nSPS) is 19.0. The van der Waals surface area contributed by atoms with Gasteiger partial charge >= 0.3 is 0 Å². The summed E-state index contributed by atoms with van der Waals surface area (Å²) in [6.45, 7) is 7.51. The van der Waals surface area contributed by atoms with Crippen LogP contribution in [0, 0.1) is 5.41 Å². The van der Waals surface area contributed by atoms with Gasteiger partial charge in [0.1, 0.15) is 0 Å². The number of nitrogens with zero attached hydrogens (tertiary/aromatic N) is 1. The quantitative estimate of drug-likeness (QED) is 0.752. The lowest BCUT2D eigenvalue weighted by Crippen LogP contribution is -2.40. The number of hydrogen-bond donors (Lipinski definition) is 0. The topological polar surface area (TPSA) is 20.3 Å². The van der Waals surface area contributed by atoms with Gasteiger partial charge in [-0.3, -0.25) is 4.79 Å². The van der Waals surface area contributed by atoms with Crippen LogP contribution in [0.5, 0.6) is 0 Å². The van der Waals surface area contributed by atoms with E-state index < -0.39 is 0 Å². The molecule has 0 unspecified atom stereocenters. The molecule has 0 saturated carbocycles. The molecule has 2 nitrogen and oxygen atoms in total. The van der Waals surface area contributed by atoms with Crippen molar-refractivity contribution < 1.29 is 4.79 Å². The molecule has 110 valence electrons. The zero-order valence-corrected chi connectivity index (χ0v) is 13.6. The first-order valence-electron chi connectivity index (χ1n) is 7.09. The first kappa shape index (κ1) is 15.8. The zero-order valence-electron chi connectivity index (χ0n) is 12.1. The van der Waals surface area contributed by atoms with Crippen LogP contribution in [0.15, 0.2) is 18.2 Å². The molecule has 1 aromatic rings. The van der Waals surface area contributed by atoms with Crippen LogP contribution in [0.3, 0.4) is 0 Å². The van der Waals surface area contributed by atoms with Crippen LogP contribution in [0.25, 0.3) is 0 Å². The summed E-state index contributed by atoms with van der Waals surface area (Å²) in [5.41, 5.74) is 0.894. The molecule has 0 radical (unpaired) electrons. The number of benzene rings is 1. The fourth-order valence-corrected chi connectivity index (χ4v) is 3.25. The summed E-state index contributed by atoms with van der Waals surface area (Å²) in [5, 5.41) is 0.815. The third kappa shape index (κ3) is 3.97. The Bertz CT molecular complexity index is 499. The fourth-order valence-electron chi connectivity index (χ4n) is 2.85. The molecule has 0 N–H and O–H groups in total. The van der Waals surface area contributed by atoms with Gasteiger partial charge in [-0.1, -0.05) is 43.1 Å². The fraction of sp³-hybridized carbons (Fsp3) is 0.562. The van der Waals surface area contributed by atoms with Crippen LogP contribution in [-0.4, -0.2) is 30.3 Å². The number of hydrogen-bond acceptors (Lipinski definition) is 2. The van der Waals surface area contributed by atoms with Crippen molar-refractivity contribution in [2.75, 3.05) is 19.6 Å². The molecule has 1 saturated heterocycles. The largest absolute Gasteiger partial charge is 0.302 e. The summed E-state index contributed by atoms with van der Waals surface area (Å²) in [7, 11) is 0. The number of piperidine rings is 1. The number of halogens is 2. The van der Waals surface area contributed by atoms with E-state index in [1.807, 2.05) is 0 Å². The molecule has 0 aromatic heterocycles. The van der Waals surface area contributed by atoms with E-state index in [-0.39, 0.29) is 5.78 Å². The first-order valence-corrected chi connectivity index (χ1v) is 7.84. The van der Waals surface area contributed by atoms with E-state index in [9.17, 15) is 4.79 Å². The highest BCUT2D eigenvalue weighted by molar-refractivity contribution is 6.43. The summed E-state index contributed by atoms with van der Waals surface area (Å²) in [6, 6.07) is 5.22. The highest BCUT2D eigenvalue weighted by Crippen LogP contribution is 2.29. The standard InChI is InChI=1S/C16H21Cl2NO/c1-16(2)8-4-9-19(11-16)10-7-14(20)12-5-3-6-13(17)15(12)18/h3,5-6H,4,7-11H2,1-2H3. The lowest BCUT2D eigenvalue weighted by molar-refractivity contribution is 0.0896. The van der Waals surface area contributed by atoms with Gasteiger partial charge in [-0.25, -0.2) is 0 Å². The molecular formula is C16H21Cl2NO. The Morgan fingerprint density at radius 3 is 2.80 bits per heavy atom. The van der Waals surface area contributed by atoms with E-state index in [1.165, 1.54) is 12.8 Å². The average molecular weight is 314 g/mol. The maximum Gasteiger partial charge on any atom is 0.165 e. The highest BCUT2D eigenvalue weighted by Gasteiger charge is 2.26. The minimum atomic E-state index is 0.0703. The Morgan fingerprint density at radius 1 is 1.35 bits per heavy atom. The Hall–Kier alpha value is -0.570. The number of carbonyl (C=O) groups excluding carboxylic acids is 1. The summed E-state index contributed by atoms with van der Waals surface area (Å²) < 4.78 is 0. The molecule has 2 rings (SSSR count). The van der Waals surface area contributed by atoms with Crippen molar-refractivity contribution in [2.45, 2.75) is 33.1 Å². The van der Waals surface area contributed by atoms with Crippen LogP contribution >= 0.6 is 23.2 Å². The van der Waals surface area contributed by atoms with Gasteiger partial charge in [-0.05, 0) is 36.9 Å². The van der Waals surface area contributed by atoms with Crippen LogP contribution in [-0.2, 0) is 0 Å². The molecule has 1 aliphatic rings. The third-order valence-corrected chi connectivity index (χ3v) is 4.71. The molecule has 0 amide bonds.